The Morgan fingerprint density at radius 1 is 1.13 bits per heavy atom. The molecule has 0 aliphatic carbocycles. The number of para-hydroxylation sites is 1. The van der Waals surface area contributed by atoms with Crippen LogP contribution < -0.4 is 5.56 Å². The molecule has 2 aromatic carbocycles. The molecule has 0 spiro atoms. The van der Waals surface area contributed by atoms with E-state index in [2.05, 4.69) is 20.3 Å². The summed E-state index contributed by atoms with van der Waals surface area (Å²) in [5.41, 5.74) is 2.11. The fraction of sp³-hybridized carbons (Fsp3) is 0.174. The zero-order valence-corrected chi connectivity index (χ0v) is 17.1. The van der Waals surface area contributed by atoms with Gasteiger partial charge in [0.05, 0.1) is 30.2 Å². The molecule has 0 unspecified atom stereocenters. The van der Waals surface area contributed by atoms with Crippen molar-refractivity contribution in [1.82, 2.24) is 29.9 Å². The van der Waals surface area contributed by atoms with Gasteiger partial charge in [0.25, 0.3) is 5.56 Å². The highest BCUT2D eigenvalue weighted by Gasteiger charge is 2.12. The molecule has 0 saturated carbocycles. The van der Waals surface area contributed by atoms with Crippen LogP contribution in [0.15, 0.2) is 71.7 Å². The molecule has 8 nitrogen and oxygen atoms in total. The Morgan fingerprint density at radius 3 is 2.71 bits per heavy atom. The first-order valence-corrected chi connectivity index (χ1v) is 10.0. The van der Waals surface area contributed by atoms with Gasteiger partial charge < -0.3 is 9.88 Å². The van der Waals surface area contributed by atoms with Crippen LogP contribution in [0.1, 0.15) is 24.0 Å². The van der Waals surface area contributed by atoms with Gasteiger partial charge in [-0.05, 0) is 30.7 Å². The van der Waals surface area contributed by atoms with E-state index in [9.17, 15) is 9.59 Å². The Bertz CT molecular complexity index is 1280. The first-order valence-electron chi connectivity index (χ1n) is 10.0. The van der Waals surface area contributed by atoms with Gasteiger partial charge in [-0.15, -0.1) is 5.10 Å². The lowest BCUT2D eigenvalue weighted by Crippen LogP contribution is -2.30. The van der Waals surface area contributed by atoms with E-state index in [1.807, 2.05) is 43.3 Å². The second kappa shape index (κ2) is 9.17. The third kappa shape index (κ3) is 4.92. The molecule has 156 valence electrons. The highest BCUT2D eigenvalue weighted by molar-refractivity contribution is 5.91. The SMILES string of the molecule is CCN(Cc1nc2ccccc2c(=O)[nH]1)C(=O)/C=C/c1cn(Cc2ccccc2)nn1. The Labute approximate surface area is 178 Å². The van der Waals surface area contributed by atoms with E-state index in [-0.39, 0.29) is 18.0 Å². The predicted molar refractivity (Wildman–Crippen MR) is 118 cm³/mol. The minimum atomic E-state index is -0.213. The molecular formula is C23H22N6O2. The molecule has 4 rings (SSSR count). The average Bonchev–Trinajstić information content (AvgIpc) is 3.24. The van der Waals surface area contributed by atoms with Crippen molar-refractivity contribution in [1.29, 1.82) is 0 Å². The maximum Gasteiger partial charge on any atom is 0.258 e. The van der Waals surface area contributed by atoms with E-state index in [1.54, 1.807) is 40.1 Å². The molecule has 0 aliphatic rings. The molecule has 0 bridgehead atoms. The fourth-order valence-electron chi connectivity index (χ4n) is 3.24. The number of likely N-dealkylation sites (N-methyl/N-ethyl adjacent to an activating group) is 1. The van der Waals surface area contributed by atoms with Crippen LogP contribution in [0.3, 0.4) is 0 Å². The van der Waals surface area contributed by atoms with E-state index < -0.39 is 0 Å². The summed E-state index contributed by atoms with van der Waals surface area (Å²) in [7, 11) is 0. The van der Waals surface area contributed by atoms with Crippen molar-refractivity contribution in [3.8, 4) is 0 Å². The summed E-state index contributed by atoms with van der Waals surface area (Å²) in [6.45, 7) is 3.17. The third-order valence-electron chi connectivity index (χ3n) is 4.84. The number of benzene rings is 2. The van der Waals surface area contributed by atoms with E-state index in [4.69, 9.17) is 0 Å². The molecule has 0 fully saturated rings. The van der Waals surface area contributed by atoms with Gasteiger partial charge in [0.15, 0.2) is 0 Å². The number of fused-ring (bicyclic) bond motifs is 1. The van der Waals surface area contributed by atoms with E-state index >= 15 is 0 Å². The normalized spacial score (nSPS) is 11.3. The average molecular weight is 414 g/mol. The molecule has 0 saturated heterocycles. The number of nitrogens with zero attached hydrogens (tertiary/aromatic N) is 5. The summed E-state index contributed by atoms with van der Waals surface area (Å²) in [4.78, 5) is 33.7. The Hall–Kier alpha value is -4.07. The van der Waals surface area contributed by atoms with Crippen LogP contribution in [0.5, 0.6) is 0 Å². The highest BCUT2D eigenvalue weighted by Crippen LogP contribution is 2.08. The van der Waals surface area contributed by atoms with Crippen molar-refractivity contribution < 1.29 is 4.79 Å². The summed E-state index contributed by atoms with van der Waals surface area (Å²) in [6.07, 6.45) is 4.88. The standard InChI is InChI=1S/C23H22N6O2/c1-2-28(16-21-24-20-11-7-6-10-19(20)23(31)25-21)22(30)13-12-18-15-29(27-26-18)14-17-8-4-3-5-9-17/h3-13,15H,2,14,16H2,1H3,(H,24,25,31)/b13-12+. The summed E-state index contributed by atoms with van der Waals surface area (Å²) in [6, 6.07) is 17.1. The maximum absolute atomic E-state index is 12.7. The Kier molecular flexibility index (Phi) is 5.98. The van der Waals surface area contributed by atoms with Crippen molar-refractivity contribution in [3.05, 3.63) is 94.3 Å². The fourth-order valence-corrected chi connectivity index (χ4v) is 3.24. The number of aromatic nitrogens is 5. The zero-order valence-electron chi connectivity index (χ0n) is 17.1. The highest BCUT2D eigenvalue weighted by atomic mass is 16.2. The van der Waals surface area contributed by atoms with Crippen LogP contribution in [-0.4, -0.2) is 42.3 Å². The van der Waals surface area contributed by atoms with Crippen molar-refractivity contribution in [3.63, 3.8) is 0 Å². The van der Waals surface area contributed by atoms with E-state index in [1.165, 1.54) is 6.08 Å². The van der Waals surface area contributed by atoms with Gasteiger partial charge in [-0.1, -0.05) is 47.7 Å². The van der Waals surface area contributed by atoms with Gasteiger partial charge in [-0.25, -0.2) is 9.67 Å². The van der Waals surface area contributed by atoms with E-state index in [0.29, 0.717) is 35.5 Å². The third-order valence-corrected chi connectivity index (χ3v) is 4.84. The van der Waals surface area contributed by atoms with Gasteiger partial charge in [0.1, 0.15) is 11.5 Å². The van der Waals surface area contributed by atoms with Crippen LogP contribution >= 0.6 is 0 Å². The molecule has 1 N–H and O–H groups in total. The van der Waals surface area contributed by atoms with Crippen molar-refractivity contribution in [2.45, 2.75) is 20.0 Å². The van der Waals surface area contributed by atoms with Crippen molar-refractivity contribution >= 4 is 22.9 Å². The Balaban J connectivity index is 1.43. The number of carbonyl (C=O) groups is 1. The summed E-state index contributed by atoms with van der Waals surface area (Å²) >= 11 is 0. The summed E-state index contributed by atoms with van der Waals surface area (Å²) in [5, 5.41) is 8.72. The molecule has 0 atom stereocenters. The molecule has 0 aliphatic heterocycles. The van der Waals surface area contributed by atoms with E-state index in [0.717, 1.165) is 5.56 Å². The topological polar surface area (TPSA) is 96.8 Å². The minimum Gasteiger partial charge on any atom is -0.332 e. The molecule has 0 radical (unpaired) electrons. The lowest BCUT2D eigenvalue weighted by atomic mass is 10.2. The number of hydrogen-bond donors (Lipinski definition) is 1. The van der Waals surface area contributed by atoms with Gasteiger partial charge in [-0.2, -0.15) is 0 Å². The van der Waals surface area contributed by atoms with Crippen LogP contribution in [0.2, 0.25) is 0 Å². The molecule has 31 heavy (non-hydrogen) atoms. The second-order valence-corrected chi connectivity index (χ2v) is 7.04. The van der Waals surface area contributed by atoms with Gasteiger partial charge in [0.2, 0.25) is 5.91 Å². The number of amides is 1. The summed E-state index contributed by atoms with van der Waals surface area (Å²) < 4.78 is 1.72. The number of H-pyrrole nitrogens is 1. The van der Waals surface area contributed by atoms with Gasteiger partial charge in [0, 0.05) is 12.6 Å². The minimum absolute atomic E-state index is 0.198. The van der Waals surface area contributed by atoms with Crippen LogP contribution in [0, 0.1) is 0 Å². The number of nitrogens with one attached hydrogen (secondary N) is 1. The molecule has 2 aromatic heterocycles. The molecule has 2 heterocycles. The Morgan fingerprint density at radius 2 is 1.90 bits per heavy atom. The van der Waals surface area contributed by atoms with Crippen molar-refractivity contribution in [2.24, 2.45) is 0 Å². The smallest absolute Gasteiger partial charge is 0.258 e. The van der Waals surface area contributed by atoms with Crippen LogP contribution in [0.4, 0.5) is 0 Å². The monoisotopic (exact) mass is 414 g/mol. The molecular weight excluding hydrogens is 392 g/mol. The number of carbonyl (C=O) groups excluding carboxylic acids is 1. The maximum atomic E-state index is 12.7. The summed E-state index contributed by atoms with van der Waals surface area (Å²) in [5.74, 6) is 0.247. The molecule has 4 aromatic rings. The van der Waals surface area contributed by atoms with Crippen LogP contribution in [-0.2, 0) is 17.9 Å². The number of aromatic amines is 1. The molecule has 8 heteroatoms. The first kappa shape index (κ1) is 20.2. The number of rotatable bonds is 7. The van der Waals surface area contributed by atoms with Crippen LogP contribution in [0.25, 0.3) is 17.0 Å². The first-order chi connectivity index (χ1) is 15.1. The van der Waals surface area contributed by atoms with Gasteiger partial charge in [-0.3, -0.25) is 9.59 Å². The lowest BCUT2D eigenvalue weighted by molar-refractivity contribution is -0.126. The zero-order chi connectivity index (χ0) is 21.6. The largest absolute Gasteiger partial charge is 0.332 e. The lowest BCUT2D eigenvalue weighted by Gasteiger charge is -2.18. The van der Waals surface area contributed by atoms with Gasteiger partial charge >= 0.3 is 0 Å². The quantitative estimate of drug-likeness (QED) is 0.469. The number of hydrogen-bond acceptors (Lipinski definition) is 5. The predicted octanol–water partition coefficient (Wildman–Crippen LogP) is 2.62. The van der Waals surface area contributed by atoms with Crippen molar-refractivity contribution in [2.75, 3.05) is 6.54 Å². The molecule has 1 amide bonds. The second-order valence-electron chi connectivity index (χ2n) is 7.04.